The van der Waals surface area contributed by atoms with Gasteiger partial charge in [-0.05, 0) is 24.6 Å². The zero-order valence-corrected chi connectivity index (χ0v) is 9.81. The van der Waals surface area contributed by atoms with Gasteiger partial charge in [-0.15, -0.1) is 0 Å². The second-order valence-corrected chi connectivity index (χ2v) is 4.12. The molecule has 0 bridgehead atoms. The lowest BCUT2D eigenvalue weighted by atomic mass is 10.1. The van der Waals surface area contributed by atoms with Crippen molar-refractivity contribution in [1.82, 2.24) is 19.9 Å². The average Bonchev–Trinajstić information content (AvgIpc) is 2.77. The lowest BCUT2D eigenvalue weighted by Gasteiger charge is -2.03. The number of aryl methyl sites for hydroxylation is 1. The summed E-state index contributed by atoms with van der Waals surface area (Å²) in [6.07, 6.45) is 1.40. The van der Waals surface area contributed by atoms with Gasteiger partial charge >= 0.3 is 0 Å². The molecule has 3 aromatic rings. The molecule has 0 spiro atoms. The maximum absolute atomic E-state index is 5.79. The molecule has 0 aliphatic heterocycles. The Morgan fingerprint density at radius 2 is 2.00 bits per heavy atom. The minimum Gasteiger partial charge on any atom is -0.399 e. The number of nitrogens with one attached hydrogen (secondary N) is 1. The van der Waals surface area contributed by atoms with Gasteiger partial charge in [0.2, 0.25) is 0 Å². The Labute approximate surface area is 103 Å². The van der Waals surface area contributed by atoms with Crippen molar-refractivity contribution < 1.29 is 0 Å². The molecule has 1 aromatic carbocycles. The maximum Gasteiger partial charge on any atom is 0.183 e. The van der Waals surface area contributed by atoms with E-state index < -0.39 is 0 Å². The number of aromatic amines is 1. The molecule has 0 fully saturated rings. The number of aromatic nitrogens is 4. The summed E-state index contributed by atoms with van der Waals surface area (Å²) < 4.78 is 0. The quantitative estimate of drug-likeness (QED) is 0.559. The summed E-state index contributed by atoms with van der Waals surface area (Å²) >= 11 is 0. The van der Waals surface area contributed by atoms with E-state index in [1.54, 1.807) is 0 Å². The van der Waals surface area contributed by atoms with Crippen molar-refractivity contribution in [2.45, 2.75) is 6.92 Å². The van der Waals surface area contributed by atoms with E-state index in [1.807, 2.05) is 25.1 Å². The van der Waals surface area contributed by atoms with E-state index in [4.69, 9.17) is 11.5 Å². The van der Waals surface area contributed by atoms with Crippen LogP contribution in [0.4, 0.5) is 11.5 Å². The number of hydrogen-bond acceptors (Lipinski definition) is 5. The van der Waals surface area contributed by atoms with Gasteiger partial charge < -0.3 is 16.5 Å². The molecule has 0 saturated carbocycles. The SMILES string of the molecule is Cc1ccc(N)cc1-c1nc2ncnc(N)c2[nH]1. The highest BCUT2D eigenvalue weighted by molar-refractivity contribution is 5.84. The van der Waals surface area contributed by atoms with Gasteiger partial charge in [0.05, 0.1) is 0 Å². The summed E-state index contributed by atoms with van der Waals surface area (Å²) in [7, 11) is 0. The van der Waals surface area contributed by atoms with Gasteiger partial charge in [-0.25, -0.2) is 15.0 Å². The molecule has 0 radical (unpaired) electrons. The molecule has 6 heteroatoms. The number of fused-ring (bicyclic) bond motifs is 1. The molecule has 18 heavy (non-hydrogen) atoms. The predicted octanol–water partition coefficient (Wildman–Crippen LogP) is 1.49. The van der Waals surface area contributed by atoms with Crippen molar-refractivity contribution in [1.29, 1.82) is 0 Å². The highest BCUT2D eigenvalue weighted by atomic mass is 15.0. The minimum absolute atomic E-state index is 0.389. The molecular weight excluding hydrogens is 228 g/mol. The third kappa shape index (κ3) is 1.55. The predicted molar refractivity (Wildman–Crippen MR) is 70.7 cm³/mol. The van der Waals surface area contributed by atoms with E-state index in [1.165, 1.54) is 6.33 Å². The van der Waals surface area contributed by atoms with Gasteiger partial charge in [0.25, 0.3) is 0 Å². The van der Waals surface area contributed by atoms with Gasteiger partial charge in [0, 0.05) is 11.3 Å². The lowest BCUT2D eigenvalue weighted by molar-refractivity contribution is 1.21. The first kappa shape index (κ1) is 10.5. The van der Waals surface area contributed by atoms with Crippen molar-refractivity contribution in [3.63, 3.8) is 0 Å². The maximum atomic E-state index is 5.79. The number of anilines is 2. The smallest absolute Gasteiger partial charge is 0.183 e. The van der Waals surface area contributed by atoms with Crippen molar-refractivity contribution >= 4 is 22.7 Å². The van der Waals surface area contributed by atoms with Gasteiger partial charge in [-0.1, -0.05) is 6.07 Å². The summed E-state index contributed by atoms with van der Waals surface area (Å²) in [4.78, 5) is 15.5. The zero-order chi connectivity index (χ0) is 12.7. The minimum atomic E-state index is 0.389. The third-order valence-corrected chi connectivity index (χ3v) is 2.83. The van der Waals surface area contributed by atoms with Crippen LogP contribution in [0.5, 0.6) is 0 Å². The number of nitrogens with zero attached hydrogens (tertiary/aromatic N) is 3. The first-order chi connectivity index (χ1) is 8.65. The van der Waals surface area contributed by atoms with Crippen LogP contribution >= 0.6 is 0 Å². The fraction of sp³-hybridized carbons (Fsp3) is 0.0833. The van der Waals surface area contributed by atoms with Crippen LogP contribution in [0.25, 0.3) is 22.6 Å². The lowest BCUT2D eigenvalue weighted by Crippen LogP contribution is -1.92. The zero-order valence-electron chi connectivity index (χ0n) is 9.81. The van der Waals surface area contributed by atoms with Gasteiger partial charge in [-0.3, -0.25) is 0 Å². The van der Waals surface area contributed by atoms with E-state index in [2.05, 4.69) is 19.9 Å². The van der Waals surface area contributed by atoms with E-state index in [0.29, 0.717) is 28.5 Å². The molecule has 0 atom stereocenters. The average molecular weight is 240 g/mol. The van der Waals surface area contributed by atoms with Crippen molar-refractivity contribution in [3.05, 3.63) is 30.1 Å². The fourth-order valence-electron chi connectivity index (χ4n) is 1.87. The standard InChI is InChI=1S/C12H12N6/c1-6-2-3-7(13)4-8(6)11-17-9-10(14)15-5-16-12(9)18-11/h2-5H,13H2,1H3,(H3,14,15,16,17,18). The van der Waals surface area contributed by atoms with E-state index in [-0.39, 0.29) is 0 Å². The molecule has 0 unspecified atom stereocenters. The number of H-pyrrole nitrogens is 1. The number of rotatable bonds is 1. The Morgan fingerprint density at radius 1 is 1.17 bits per heavy atom. The Balaban J connectivity index is 2.26. The number of benzene rings is 1. The molecule has 5 N–H and O–H groups in total. The molecule has 90 valence electrons. The van der Waals surface area contributed by atoms with E-state index >= 15 is 0 Å². The number of hydrogen-bond donors (Lipinski definition) is 3. The molecule has 0 amide bonds. The highest BCUT2D eigenvalue weighted by Crippen LogP contribution is 2.25. The highest BCUT2D eigenvalue weighted by Gasteiger charge is 2.11. The van der Waals surface area contributed by atoms with Crippen LogP contribution in [0.15, 0.2) is 24.5 Å². The molecule has 0 aliphatic carbocycles. The first-order valence-electron chi connectivity index (χ1n) is 5.48. The summed E-state index contributed by atoms with van der Waals surface area (Å²) in [5, 5.41) is 0. The normalized spacial score (nSPS) is 10.9. The summed E-state index contributed by atoms with van der Waals surface area (Å²) in [5.41, 5.74) is 15.5. The molecule has 0 saturated heterocycles. The molecule has 2 aromatic heterocycles. The molecule has 6 nitrogen and oxygen atoms in total. The van der Waals surface area contributed by atoms with Gasteiger partial charge in [0.1, 0.15) is 17.7 Å². The van der Waals surface area contributed by atoms with Gasteiger partial charge in [-0.2, -0.15) is 0 Å². The van der Waals surface area contributed by atoms with Crippen LogP contribution in [0.3, 0.4) is 0 Å². The first-order valence-corrected chi connectivity index (χ1v) is 5.48. The number of nitrogens with two attached hydrogens (primary N) is 2. The Morgan fingerprint density at radius 3 is 2.78 bits per heavy atom. The van der Waals surface area contributed by atoms with E-state index in [0.717, 1.165) is 11.1 Å². The topological polar surface area (TPSA) is 106 Å². The fourth-order valence-corrected chi connectivity index (χ4v) is 1.87. The third-order valence-electron chi connectivity index (χ3n) is 2.83. The molecular formula is C12H12N6. The second kappa shape index (κ2) is 3.69. The largest absolute Gasteiger partial charge is 0.399 e. The van der Waals surface area contributed by atoms with E-state index in [9.17, 15) is 0 Å². The van der Waals surface area contributed by atoms with Crippen LogP contribution in [0.2, 0.25) is 0 Å². The van der Waals surface area contributed by atoms with Crippen molar-refractivity contribution in [3.8, 4) is 11.4 Å². The summed E-state index contributed by atoms with van der Waals surface area (Å²) in [5.74, 6) is 1.09. The van der Waals surface area contributed by atoms with Crippen molar-refractivity contribution in [2.75, 3.05) is 11.5 Å². The summed E-state index contributed by atoms with van der Waals surface area (Å²) in [6.45, 7) is 2.00. The Kier molecular flexibility index (Phi) is 2.16. The molecule has 0 aliphatic rings. The van der Waals surface area contributed by atoms with Crippen LogP contribution in [-0.4, -0.2) is 19.9 Å². The van der Waals surface area contributed by atoms with Gasteiger partial charge in [0.15, 0.2) is 11.5 Å². The monoisotopic (exact) mass is 240 g/mol. The van der Waals surface area contributed by atoms with Crippen LogP contribution in [-0.2, 0) is 0 Å². The molecule has 3 rings (SSSR count). The van der Waals surface area contributed by atoms with Crippen LogP contribution in [0, 0.1) is 6.92 Å². The second-order valence-electron chi connectivity index (χ2n) is 4.12. The van der Waals surface area contributed by atoms with Crippen molar-refractivity contribution in [2.24, 2.45) is 0 Å². The Bertz CT molecular complexity index is 731. The number of imidazole rings is 1. The Hall–Kier alpha value is -2.63. The molecule has 2 heterocycles. The van der Waals surface area contributed by atoms with Crippen LogP contribution < -0.4 is 11.5 Å². The number of nitrogen functional groups attached to an aromatic ring is 2. The summed E-state index contributed by atoms with van der Waals surface area (Å²) in [6, 6.07) is 5.68. The van der Waals surface area contributed by atoms with Crippen LogP contribution in [0.1, 0.15) is 5.56 Å².